The van der Waals surface area contributed by atoms with E-state index in [1.165, 1.54) is 0 Å². The second-order valence-electron chi connectivity index (χ2n) is 5.86. The Bertz CT molecular complexity index is 577. The van der Waals surface area contributed by atoms with Crippen LogP contribution < -0.4 is 10.1 Å². The minimum atomic E-state index is -0.430. The van der Waals surface area contributed by atoms with Crippen LogP contribution in [0.4, 0.5) is 5.69 Å². The Hall–Kier alpha value is -2.30. The van der Waals surface area contributed by atoms with Gasteiger partial charge in [0, 0.05) is 5.69 Å². The molecule has 0 radical (unpaired) electrons. The van der Waals surface area contributed by atoms with Gasteiger partial charge in [0.05, 0.1) is 25.0 Å². The number of rotatable bonds is 5. The summed E-state index contributed by atoms with van der Waals surface area (Å²) in [6.07, 6.45) is 4.77. The van der Waals surface area contributed by atoms with Gasteiger partial charge in [0.2, 0.25) is 5.91 Å². The molecule has 0 unspecified atom stereocenters. The van der Waals surface area contributed by atoms with Gasteiger partial charge in [-0.3, -0.25) is 9.59 Å². The van der Waals surface area contributed by atoms with Gasteiger partial charge in [0.1, 0.15) is 5.75 Å². The van der Waals surface area contributed by atoms with Gasteiger partial charge < -0.3 is 14.8 Å². The summed E-state index contributed by atoms with van der Waals surface area (Å²) in [6.45, 7) is 3.62. The maximum absolute atomic E-state index is 12.5. The Kier molecular flexibility index (Phi) is 5.79. The van der Waals surface area contributed by atoms with E-state index >= 15 is 0 Å². The van der Waals surface area contributed by atoms with Gasteiger partial charge in [-0.25, -0.2) is 0 Å². The lowest BCUT2D eigenvalue weighted by Crippen LogP contribution is -2.36. The van der Waals surface area contributed by atoms with Gasteiger partial charge in [-0.05, 0) is 51.0 Å². The number of hydrogen-bond donors (Lipinski definition) is 1. The maximum atomic E-state index is 12.5. The number of amides is 1. The van der Waals surface area contributed by atoms with Crippen molar-refractivity contribution >= 4 is 17.6 Å². The predicted octanol–water partition coefficient (Wildman–Crippen LogP) is 3.17. The number of methoxy groups -OCH3 is 1. The van der Waals surface area contributed by atoms with Crippen molar-refractivity contribution in [2.45, 2.75) is 32.8 Å². The molecule has 2 rings (SSSR count). The SMILES string of the molecule is COc1ccc(NC(=O)[C@@H]2CC=CC[C@@H]2C(=O)OC(C)C)cc1. The van der Waals surface area contributed by atoms with Crippen molar-refractivity contribution in [2.75, 3.05) is 12.4 Å². The molecule has 0 aromatic heterocycles. The van der Waals surface area contributed by atoms with Crippen molar-refractivity contribution in [1.82, 2.24) is 0 Å². The first-order chi connectivity index (χ1) is 11.0. The molecular formula is C18H23NO4. The first-order valence-corrected chi connectivity index (χ1v) is 7.81. The van der Waals surface area contributed by atoms with E-state index in [-0.39, 0.29) is 18.0 Å². The van der Waals surface area contributed by atoms with Gasteiger partial charge in [-0.1, -0.05) is 12.2 Å². The van der Waals surface area contributed by atoms with Gasteiger partial charge >= 0.3 is 5.97 Å². The van der Waals surface area contributed by atoms with Crippen molar-refractivity contribution in [3.05, 3.63) is 36.4 Å². The smallest absolute Gasteiger partial charge is 0.310 e. The van der Waals surface area contributed by atoms with E-state index in [2.05, 4.69) is 5.32 Å². The summed E-state index contributed by atoms with van der Waals surface area (Å²) in [5, 5.41) is 2.86. The normalized spacial score (nSPS) is 20.2. The van der Waals surface area contributed by atoms with Crippen LogP contribution in [0.2, 0.25) is 0 Å². The average molecular weight is 317 g/mol. The number of nitrogens with one attached hydrogen (secondary N) is 1. The molecule has 1 aliphatic rings. The Morgan fingerprint density at radius 2 is 1.70 bits per heavy atom. The molecule has 0 saturated heterocycles. The average Bonchev–Trinajstić information content (AvgIpc) is 2.55. The molecule has 1 aromatic carbocycles. The number of ether oxygens (including phenoxy) is 2. The van der Waals surface area contributed by atoms with Crippen molar-refractivity contribution < 1.29 is 19.1 Å². The summed E-state index contributed by atoms with van der Waals surface area (Å²) < 4.78 is 10.4. The zero-order valence-electron chi connectivity index (χ0n) is 13.7. The Balaban J connectivity index is 2.05. The van der Waals surface area contributed by atoms with Crippen molar-refractivity contribution in [2.24, 2.45) is 11.8 Å². The van der Waals surface area contributed by atoms with Crippen LogP contribution in [0.25, 0.3) is 0 Å². The van der Waals surface area contributed by atoms with Gasteiger partial charge in [-0.15, -0.1) is 0 Å². The highest BCUT2D eigenvalue weighted by Gasteiger charge is 2.35. The lowest BCUT2D eigenvalue weighted by Gasteiger charge is -2.26. The highest BCUT2D eigenvalue weighted by atomic mass is 16.5. The molecule has 0 heterocycles. The number of hydrogen-bond acceptors (Lipinski definition) is 4. The molecule has 5 heteroatoms. The van der Waals surface area contributed by atoms with Crippen molar-refractivity contribution in [3.63, 3.8) is 0 Å². The number of carbonyl (C=O) groups is 2. The van der Waals surface area contributed by atoms with Crippen molar-refractivity contribution in [1.29, 1.82) is 0 Å². The molecular weight excluding hydrogens is 294 g/mol. The molecule has 1 aliphatic carbocycles. The van der Waals surface area contributed by atoms with Gasteiger partial charge in [0.15, 0.2) is 0 Å². The lowest BCUT2D eigenvalue weighted by atomic mass is 9.82. The Labute approximate surface area is 136 Å². The Morgan fingerprint density at radius 1 is 1.09 bits per heavy atom. The van der Waals surface area contributed by atoms with Gasteiger partial charge in [-0.2, -0.15) is 0 Å². The predicted molar refractivity (Wildman–Crippen MR) is 88.2 cm³/mol. The first kappa shape index (κ1) is 17.1. The second-order valence-corrected chi connectivity index (χ2v) is 5.86. The minimum Gasteiger partial charge on any atom is -0.497 e. The summed E-state index contributed by atoms with van der Waals surface area (Å²) in [7, 11) is 1.59. The fourth-order valence-electron chi connectivity index (χ4n) is 2.59. The maximum Gasteiger partial charge on any atom is 0.310 e. The Morgan fingerprint density at radius 3 is 2.26 bits per heavy atom. The molecule has 124 valence electrons. The van der Waals surface area contributed by atoms with Crippen LogP contribution in [-0.2, 0) is 14.3 Å². The summed E-state index contributed by atoms with van der Waals surface area (Å²) in [5.41, 5.74) is 0.682. The lowest BCUT2D eigenvalue weighted by molar-refractivity contribution is -0.156. The molecule has 0 aliphatic heterocycles. The van der Waals surface area contributed by atoms with Crippen LogP contribution in [0.15, 0.2) is 36.4 Å². The van der Waals surface area contributed by atoms with Crippen LogP contribution in [0.5, 0.6) is 5.75 Å². The second kappa shape index (κ2) is 7.81. The molecule has 1 aromatic rings. The minimum absolute atomic E-state index is 0.162. The summed E-state index contributed by atoms with van der Waals surface area (Å²) in [6, 6.07) is 7.11. The molecule has 1 amide bonds. The van der Waals surface area contributed by atoms with E-state index in [0.717, 1.165) is 5.75 Å². The highest BCUT2D eigenvalue weighted by Crippen LogP contribution is 2.28. The van der Waals surface area contributed by atoms with E-state index in [0.29, 0.717) is 18.5 Å². The zero-order chi connectivity index (χ0) is 16.8. The molecule has 0 fully saturated rings. The number of esters is 1. The third kappa shape index (κ3) is 4.58. The number of benzene rings is 1. The summed E-state index contributed by atoms with van der Waals surface area (Å²) in [4.78, 5) is 24.7. The monoisotopic (exact) mass is 317 g/mol. The third-order valence-electron chi connectivity index (χ3n) is 3.78. The molecule has 23 heavy (non-hydrogen) atoms. The molecule has 1 N–H and O–H groups in total. The third-order valence-corrected chi connectivity index (χ3v) is 3.78. The van der Waals surface area contributed by atoms with Crippen molar-refractivity contribution in [3.8, 4) is 5.75 Å². The summed E-state index contributed by atoms with van der Waals surface area (Å²) in [5.74, 6) is -0.583. The van der Waals surface area contributed by atoms with Crippen LogP contribution >= 0.6 is 0 Å². The quantitative estimate of drug-likeness (QED) is 0.669. The molecule has 5 nitrogen and oxygen atoms in total. The fraction of sp³-hybridized carbons (Fsp3) is 0.444. The summed E-state index contributed by atoms with van der Waals surface area (Å²) >= 11 is 0. The largest absolute Gasteiger partial charge is 0.497 e. The highest BCUT2D eigenvalue weighted by molar-refractivity contribution is 5.95. The van der Waals surface area contributed by atoms with Crippen LogP contribution in [0.1, 0.15) is 26.7 Å². The number of carbonyl (C=O) groups excluding carboxylic acids is 2. The van der Waals surface area contributed by atoms with Crippen LogP contribution in [0.3, 0.4) is 0 Å². The number of allylic oxidation sites excluding steroid dienone is 2. The van der Waals surface area contributed by atoms with E-state index in [4.69, 9.17) is 9.47 Å². The molecule has 0 spiro atoms. The van der Waals surface area contributed by atoms with E-state index in [1.54, 1.807) is 31.4 Å². The standard InChI is InChI=1S/C18H23NO4/c1-12(2)23-18(21)16-7-5-4-6-15(16)17(20)19-13-8-10-14(22-3)11-9-13/h4-5,8-12,15-16H,6-7H2,1-3H3,(H,19,20)/t15-,16+/m1/s1. The molecule has 0 saturated carbocycles. The van der Waals surface area contributed by atoms with Crippen LogP contribution in [0, 0.1) is 11.8 Å². The van der Waals surface area contributed by atoms with E-state index in [9.17, 15) is 9.59 Å². The topological polar surface area (TPSA) is 64.6 Å². The fourth-order valence-corrected chi connectivity index (χ4v) is 2.59. The molecule has 0 bridgehead atoms. The van der Waals surface area contributed by atoms with Gasteiger partial charge in [0.25, 0.3) is 0 Å². The van der Waals surface area contributed by atoms with E-state index in [1.807, 2.05) is 26.0 Å². The zero-order valence-corrected chi connectivity index (χ0v) is 13.7. The molecule has 2 atom stereocenters. The van der Waals surface area contributed by atoms with Crippen LogP contribution in [-0.4, -0.2) is 25.1 Å². The first-order valence-electron chi connectivity index (χ1n) is 7.81. The van der Waals surface area contributed by atoms with E-state index < -0.39 is 11.8 Å². The number of anilines is 1.